The first-order chi connectivity index (χ1) is 7.25. The van der Waals surface area contributed by atoms with Gasteiger partial charge in [-0.3, -0.25) is 0 Å². The molecule has 88 valence electrons. The summed E-state index contributed by atoms with van der Waals surface area (Å²) in [6.45, 7) is 5.30. The zero-order valence-electron chi connectivity index (χ0n) is 10.0. The molecule has 0 aromatic heterocycles. The van der Waals surface area contributed by atoms with Gasteiger partial charge in [-0.2, -0.15) is 0 Å². The standard InChI is InChI=1S/C12H24N2O/c1-10(13-11-5-3-4-6-11)12-9-14(2)7-8-15-12/h10-13H,3-9H2,1-2H3. The summed E-state index contributed by atoms with van der Waals surface area (Å²) in [5, 5.41) is 3.72. The molecule has 3 nitrogen and oxygen atoms in total. The highest BCUT2D eigenvalue weighted by atomic mass is 16.5. The molecule has 2 unspecified atom stereocenters. The Bertz CT molecular complexity index is 192. The molecule has 1 heterocycles. The van der Waals surface area contributed by atoms with Gasteiger partial charge in [0.15, 0.2) is 0 Å². The summed E-state index contributed by atoms with van der Waals surface area (Å²) in [7, 11) is 2.18. The molecule has 3 heteroatoms. The number of morpholine rings is 1. The van der Waals surface area contributed by atoms with E-state index in [1.165, 1.54) is 25.7 Å². The molecule has 1 N–H and O–H groups in total. The van der Waals surface area contributed by atoms with Crippen LogP contribution in [0, 0.1) is 0 Å². The summed E-state index contributed by atoms with van der Waals surface area (Å²) < 4.78 is 5.82. The first-order valence-corrected chi connectivity index (χ1v) is 6.32. The normalized spacial score (nSPS) is 32.0. The van der Waals surface area contributed by atoms with E-state index in [1.54, 1.807) is 0 Å². The molecule has 1 aliphatic heterocycles. The summed E-state index contributed by atoms with van der Waals surface area (Å²) >= 11 is 0. The fourth-order valence-electron chi connectivity index (χ4n) is 2.69. The summed E-state index contributed by atoms with van der Waals surface area (Å²) in [6, 6.07) is 1.24. The third-order valence-corrected chi connectivity index (χ3v) is 3.71. The lowest BCUT2D eigenvalue weighted by Crippen LogP contribution is -2.51. The molecule has 1 aliphatic carbocycles. The second-order valence-electron chi connectivity index (χ2n) is 5.11. The number of hydrogen-bond donors (Lipinski definition) is 1. The van der Waals surface area contributed by atoms with Gasteiger partial charge in [-0.1, -0.05) is 12.8 Å². The largest absolute Gasteiger partial charge is 0.374 e. The second kappa shape index (κ2) is 5.28. The molecule has 0 radical (unpaired) electrons. The van der Waals surface area contributed by atoms with Crippen LogP contribution in [-0.2, 0) is 4.74 Å². The van der Waals surface area contributed by atoms with Crippen molar-refractivity contribution in [2.24, 2.45) is 0 Å². The molecule has 0 spiro atoms. The van der Waals surface area contributed by atoms with E-state index in [0.717, 1.165) is 25.7 Å². The van der Waals surface area contributed by atoms with Crippen molar-refractivity contribution in [2.45, 2.75) is 50.8 Å². The lowest BCUT2D eigenvalue weighted by molar-refractivity contribution is -0.0369. The van der Waals surface area contributed by atoms with Crippen molar-refractivity contribution in [1.29, 1.82) is 0 Å². The van der Waals surface area contributed by atoms with Gasteiger partial charge < -0.3 is 15.0 Å². The van der Waals surface area contributed by atoms with E-state index >= 15 is 0 Å². The molecule has 2 fully saturated rings. The number of likely N-dealkylation sites (N-methyl/N-ethyl adjacent to an activating group) is 1. The molecule has 1 saturated heterocycles. The van der Waals surface area contributed by atoms with Gasteiger partial charge in [-0.05, 0) is 26.8 Å². The second-order valence-corrected chi connectivity index (χ2v) is 5.11. The van der Waals surface area contributed by atoms with Crippen LogP contribution in [0.5, 0.6) is 0 Å². The minimum atomic E-state index is 0.379. The van der Waals surface area contributed by atoms with Crippen molar-refractivity contribution in [1.82, 2.24) is 10.2 Å². The molecule has 2 atom stereocenters. The van der Waals surface area contributed by atoms with Gasteiger partial charge in [0, 0.05) is 25.2 Å². The van der Waals surface area contributed by atoms with Crippen LogP contribution in [0.2, 0.25) is 0 Å². The van der Waals surface area contributed by atoms with Gasteiger partial charge >= 0.3 is 0 Å². The number of hydrogen-bond acceptors (Lipinski definition) is 3. The quantitative estimate of drug-likeness (QED) is 0.762. The zero-order chi connectivity index (χ0) is 10.7. The van der Waals surface area contributed by atoms with Crippen LogP contribution in [0.1, 0.15) is 32.6 Å². The van der Waals surface area contributed by atoms with E-state index in [2.05, 4.69) is 24.2 Å². The van der Waals surface area contributed by atoms with Crippen molar-refractivity contribution in [3.05, 3.63) is 0 Å². The van der Waals surface area contributed by atoms with Crippen LogP contribution in [0.3, 0.4) is 0 Å². The molecule has 0 bridgehead atoms. The molecule has 0 aromatic rings. The fraction of sp³-hybridized carbons (Fsp3) is 1.00. The Morgan fingerprint density at radius 1 is 1.33 bits per heavy atom. The SMILES string of the molecule is CC(NC1CCCC1)C1CN(C)CCO1. The third kappa shape index (κ3) is 3.16. The fourth-order valence-corrected chi connectivity index (χ4v) is 2.69. The van der Waals surface area contributed by atoms with Crippen LogP contribution in [-0.4, -0.2) is 49.8 Å². The first kappa shape index (κ1) is 11.4. The third-order valence-electron chi connectivity index (χ3n) is 3.71. The van der Waals surface area contributed by atoms with Crippen molar-refractivity contribution < 1.29 is 4.74 Å². The number of ether oxygens (including phenoxy) is 1. The van der Waals surface area contributed by atoms with Gasteiger partial charge in [-0.25, -0.2) is 0 Å². The molecule has 0 aromatic carbocycles. The zero-order valence-corrected chi connectivity index (χ0v) is 10.0. The Morgan fingerprint density at radius 2 is 2.07 bits per heavy atom. The molecule has 1 saturated carbocycles. The van der Waals surface area contributed by atoms with Crippen LogP contribution >= 0.6 is 0 Å². The monoisotopic (exact) mass is 212 g/mol. The molecule has 2 rings (SSSR count). The summed E-state index contributed by atoms with van der Waals surface area (Å²) in [5.41, 5.74) is 0. The Balaban J connectivity index is 1.76. The Hall–Kier alpha value is -0.120. The minimum absolute atomic E-state index is 0.379. The summed E-state index contributed by atoms with van der Waals surface area (Å²) in [5.74, 6) is 0. The number of rotatable bonds is 3. The minimum Gasteiger partial charge on any atom is -0.374 e. The number of nitrogens with zero attached hydrogens (tertiary/aromatic N) is 1. The van der Waals surface area contributed by atoms with Crippen LogP contribution in [0.4, 0.5) is 0 Å². The molecular formula is C12H24N2O. The van der Waals surface area contributed by atoms with Crippen LogP contribution in [0.15, 0.2) is 0 Å². The van der Waals surface area contributed by atoms with Gasteiger partial charge in [-0.15, -0.1) is 0 Å². The maximum Gasteiger partial charge on any atom is 0.0852 e. The summed E-state index contributed by atoms with van der Waals surface area (Å²) in [4.78, 5) is 2.36. The van der Waals surface area contributed by atoms with E-state index in [9.17, 15) is 0 Å². The van der Waals surface area contributed by atoms with Crippen molar-refractivity contribution in [3.8, 4) is 0 Å². The van der Waals surface area contributed by atoms with Crippen molar-refractivity contribution >= 4 is 0 Å². The molecule has 2 aliphatic rings. The van der Waals surface area contributed by atoms with Crippen molar-refractivity contribution in [2.75, 3.05) is 26.7 Å². The Kier molecular flexibility index (Phi) is 4.00. The van der Waals surface area contributed by atoms with Crippen LogP contribution < -0.4 is 5.32 Å². The molecule has 0 amide bonds. The number of nitrogens with one attached hydrogen (secondary N) is 1. The average molecular weight is 212 g/mol. The smallest absolute Gasteiger partial charge is 0.0852 e. The van der Waals surface area contributed by atoms with Crippen LogP contribution in [0.25, 0.3) is 0 Å². The highest BCUT2D eigenvalue weighted by Crippen LogP contribution is 2.19. The topological polar surface area (TPSA) is 24.5 Å². The van der Waals surface area contributed by atoms with Gasteiger partial charge in [0.25, 0.3) is 0 Å². The van der Waals surface area contributed by atoms with Gasteiger partial charge in [0.1, 0.15) is 0 Å². The van der Waals surface area contributed by atoms with Crippen molar-refractivity contribution in [3.63, 3.8) is 0 Å². The van der Waals surface area contributed by atoms with E-state index in [0.29, 0.717) is 12.1 Å². The van der Waals surface area contributed by atoms with Gasteiger partial charge in [0.2, 0.25) is 0 Å². The Labute approximate surface area is 93.2 Å². The maximum atomic E-state index is 5.82. The maximum absolute atomic E-state index is 5.82. The van der Waals surface area contributed by atoms with Gasteiger partial charge in [0.05, 0.1) is 12.7 Å². The highest BCUT2D eigenvalue weighted by Gasteiger charge is 2.26. The highest BCUT2D eigenvalue weighted by molar-refractivity contribution is 4.83. The first-order valence-electron chi connectivity index (χ1n) is 6.32. The predicted octanol–water partition coefficient (Wildman–Crippen LogP) is 1.24. The van der Waals surface area contributed by atoms with E-state index < -0.39 is 0 Å². The van der Waals surface area contributed by atoms with E-state index in [4.69, 9.17) is 4.74 Å². The summed E-state index contributed by atoms with van der Waals surface area (Å²) in [6.07, 6.45) is 5.88. The Morgan fingerprint density at radius 3 is 2.73 bits per heavy atom. The lowest BCUT2D eigenvalue weighted by atomic mass is 10.1. The molecule has 15 heavy (non-hydrogen) atoms. The van der Waals surface area contributed by atoms with E-state index in [-0.39, 0.29) is 0 Å². The average Bonchev–Trinajstić information content (AvgIpc) is 2.70. The lowest BCUT2D eigenvalue weighted by Gasteiger charge is -2.35. The molecular weight excluding hydrogens is 188 g/mol. The predicted molar refractivity (Wildman–Crippen MR) is 62.1 cm³/mol. The van der Waals surface area contributed by atoms with E-state index in [1.807, 2.05) is 0 Å².